The lowest BCUT2D eigenvalue weighted by atomic mass is 9.74. The van der Waals surface area contributed by atoms with Crippen molar-refractivity contribution >= 4 is 10.1 Å². The average molecular weight is 388 g/mol. The van der Waals surface area contributed by atoms with Crippen molar-refractivity contribution in [2.24, 2.45) is 23.0 Å². The van der Waals surface area contributed by atoms with Gasteiger partial charge in [0, 0.05) is 6.54 Å². The number of hydrogen-bond acceptors (Lipinski definition) is 4. The van der Waals surface area contributed by atoms with Crippen molar-refractivity contribution in [2.75, 3.05) is 13.2 Å². The Hall–Kier alpha value is -0.950. The Kier molecular flexibility index (Phi) is 10.6. The molecule has 1 aromatic carbocycles. The molecule has 0 aromatic heterocycles. The van der Waals surface area contributed by atoms with Gasteiger partial charge in [0.05, 0.1) is 11.5 Å². The van der Waals surface area contributed by atoms with E-state index in [1.165, 1.54) is 12.1 Å². The zero-order valence-corrected chi connectivity index (χ0v) is 17.9. The summed E-state index contributed by atoms with van der Waals surface area (Å²) < 4.78 is 31.4. The Labute approximate surface area is 159 Å². The molecule has 0 saturated heterocycles. The zero-order chi connectivity index (χ0) is 20.5. The van der Waals surface area contributed by atoms with Crippen LogP contribution in [0, 0.1) is 17.3 Å². The lowest BCUT2D eigenvalue weighted by Gasteiger charge is -2.31. The third kappa shape index (κ3) is 10.3. The summed E-state index contributed by atoms with van der Waals surface area (Å²) in [6.45, 7) is 13.9. The molecule has 152 valence electrons. The van der Waals surface area contributed by atoms with Crippen molar-refractivity contribution < 1.29 is 18.1 Å². The molecule has 0 heterocycles. The third-order valence-corrected chi connectivity index (χ3v) is 4.95. The molecule has 0 spiro atoms. The van der Waals surface area contributed by atoms with Crippen LogP contribution in [-0.4, -0.2) is 31.2 Å². The highest BCUT2D eigenvalue weighted by molar-refractivity contribution is 7.85. The number of aliphatic hydroxyl groups excluding tert-OH is 1. The standard InChI is InChI=1S/C18H30O3S.C2H7NO/c1-13(2)11-17(14(3)12-18(4,5)6)15-7-9-16(10-8-15)22(19,20)21;3-1-2-4/h7-10,13-14,17H,11-12H2,1-6H3,(H,19,20,21);4H,1-3H2. The predicted molar refractivity (Wildman–Crippen MR) is 108 cm³/mol. The molecule has 1 rings (SSSR count). The van der Waals surface area contributed by atoms with E-state index in [0.717, 1.165) is 18.4 Å². The van der Waals surface area contributed by atoms with Crippen LogP contribution in [0.3, 0.4) is 0 Å². The van der Waals surface area contributed by atoms with E-state index in [-0.39, 0.29) is 16.9 Å². The van der Waals surface area contributed by atoms with Gasteiger partial charge in [0.1, 0.15) is 0 Å². The smallest absolute Gasteiger partial charge is 0.294 e. The molecule has 0 saturated carbocycles. The molecular weight excluding hydrogens is 350 g/mol. The molecule has 26 heavy (non-hydrogen) atoms. The summed E-state index contributed by atoms with van der Waals surface area (Å²) in [5.74, 6) is 1.49. The van der Waals surface area contributed by atoms with Crippen LogP contribution >= 0.6 is 0 Å². The minimum Gasteiger partial charge on any atom is -0.395 e. The minimum absolute atomic E-state index is 0.0389. The Morgan fingerprint density at radius 1 is 1.08 bits per heavy atom. The van der Waals surface area contributed by atoms with E-state index in [0.29, 0.717) is 24.3 Å². The number of nitrogens with two attached hydrogens (primary N) is 1. The van der Waals surface area contributed by atoms with Crippen LogP contribution in [0.2, 0.25) is 0 Å². The van der Waals surface area contributed by atoms with Crippen molar-refractivity contribution in [3.05, 3.63) is 29.8 Å². The van der Waals surface area contributed by atoms with Crippen LogP contribution in [0.15, 0.2) is 29.2 Å². The highest BCUT2D eigenvalue weighted by Gasteiger charge is 2.25. The SMILES string of the molecule is CC(C)CC(c1ccc(S(=O)(=O)O)cc1)C(C)CC(C)(C)C.NCCO. The maximum absolute atomic E-state index is 11.2. The maximum Gasteiger partial charge on any atom is 0.294 e. The monoisotopic (exact) mass is 387 g/mol. The van der Waals surface area contributed by atoms with Gasteiger partial charge < -0.3 is 10.8 Å². The lowest BCUT2D eigenvalue weighted by Crippen LogP contribution is -2.19. The van der Waals surface area contributed by atoms with E-state index in [1.54, 1.807) is 0 Å². The van der Waals surface area contributed by atoms with Crippen LogP contribution < -0.4 is 5.73 Å². The molecule has 1 aromatic rings. The Morgan fingerprint density at radius 3 is 1.85 bits per heavy atom. The fourth-order valence-electron chi connectivity index (χ4n) is 3.20. The van der Waals surface area contributed by atoms with Gasteiger partial charge >= 0.3 is 0 Å². The molecule has 5 nitrogen and oxygen atoms in total. The normalized spacial score (nSPS) is 14.5. The Bertz CT molecular complexity index is 602. The van der Waals surface area contributed by atoms with Crippen molar-refractivity contribution in [1.29, 1.82) is 0 Å². The maximum atomic E-state index is 11.2. The molecule has 0 amide bonds. The van der Waals surface area contributed by atoms with E-state index in [9.17, 15) is 8.42 Å². The van der Waals surface area contributed by atoms with Gasteiger partial charge in [0.15, 0.2) is 0 Å². The average Bonchev–Trinajstić information content (AvgIpc) is 2.50. The summed E-state index contributed by atoms with van der Waals surface area (Å²) in [7, 11) is -4.12. The molecule has 2 unspecified atom stereocenters. The first-order valence-corrected chi connectivity index (χ1v) is 10.6. The molecule has 0 aliphatic carbocycles. The van der Waals surface area contributed by atoms with Crippen molar-refractivity contribution in [3.63, 3.8) is 0 Å². The van der Waals surface area contributed by atoms with Crippen LogP contribution in [0.5, 0.6) is 0 Å². The van der Waals surface area contributed by atoms with Crippen molar-refractivity contribution in [3.8, 4) is 0 Å². The summed E-state index contributed by atoms with van der Waals surface area (Å²) in [6.07, 6.45) is 2.19. The molecular formula is C20H37NO4S. The van der Waals surface area contributed by atoms with Gasteiger partial charge in [-0.25, -0.2) is 0 Å². The van der Waals surface area contributed by atoms with Gasteiger partial charge in [-0.1, -0.05) is 53.7 Å². The summed E-state index contributed by atoms with van der Waals surface area (Å²) >= 11 is 0. The van der Waals surface area contributed by atoms with Crippen molar-refractivity contribution in [2.45, 2.75) is 65.2 Å². The van der Waals surface area contributed by atoms with Crippen LogP contribution in [-0.2, 0) is 10.1 Å². The van der Waals surface area contributed by atoms with Gasteiger partial charge in [0.2, 0.25) is 0 Å². The lowest BCUT2D eigenvalue weighted by molar-refractivity contribution is 0.259. The second-order valence-corrected chi connectivity index (χ2v) is 9.96. The highest BCUT2D eigenvalue weighted by Crippen LogP contribution is 2.38. The molecule has 4 N–H and O–H groups in total. The molecule has 0 radical (unpaired) electrons. The predicted octanol–water partition coefficient (Wildman–Crippen LogP) is 4.07. The topological polar surface area (TPSA) is 101 Å². The van der Waals surface area contributed by atoms with Crippen molar-refractivity contribution in [1.82, 2.24) is 0 Å². The van der Waals surface area contributed by atoms with E-state index in [2.05, 4.69) is 41.5 Å². The summed E-state index contributed by atoms with van der Waals surface area (Å²) in [5, 5.41) is 7.75. The fraction of sp³-hybridized carbons (Fsp3) is 0.700. The second-order valence-electron chi connectivity index (χ2n) is 8.53. The van der Waals surface area contributed by atoms with E-state index in [1.807, 2.05) is 12.1 Å². The summed E-state index contributed by atoms with van der Waals surface area (Å²) in [5.41, 5.74) is 6.20. The Balaban J connectivity index is 0.00000141. The zero-order valence-electron chi connectivity index (χ0n) is 17.1. The van der Waals surface area contributed by atoms with Gasteiger partial charge in [-0.15, -0.1) is 0 Å². The van der Waals surface area contributed by atoms with E-state index in [4.69, 9.17) is 15.4 Å². The van der Waals surface area contributed by atoms with Gasteiger partial charge in [-0.3, -0.25) is 4.55 Å². The van der Waals surface area contributed by atoms with Gasteiger partial charge in [0.25, 0.3) is 10.1 Å². The fourth-order valence-corrected chi connectivity index (χ4v) is 3.68. The van der Waals surface area contributed by atoms with Crippen LogP contribution in [0.1, 0.15) is 65.9 Å². The first kappa shape index (κ1) is 25.1. The quantitative estimate of drug-likeness (QED) is 0.612. The number of aliphatic hydroxyl groups is 1. The van der Waals surface area contributed by atoms with Gasteiger partial charge in [-0.05, 0) is 53.7 Å². The van der Waals surface area contributed by atoms with Crippen LogP contribution in [0.4, 0.5) is 0 Å². The van der Waals surface area contributed by atoms with E-state index < -0.39 is 10.1 Å². The van der Waals surface area contributed by atoms with Crippen LogP contribution in [0.25, 0.3) is 0 Å². The molecule has 0 aliphatic rings. The Morgan fingerprint density at radius 2 is 1.54 bits per heavy atom. The molecule has 0 bridgehead atoms. The molecule has 2 atom stereocenters. The minimum atomic E-state index is -4.12. The third-order valence-electron chi connectivity index (χ3n) is 4.08. The highest BCUT2D eigenvalue weighted by atomic mass is 32.2. The first-order chi connectivity index (χ1) is 11.8. The largest absolute Gasteiger partial charge is 0.395 e. The summed E-state index contributed by atoms with van der Waals surface area (Å²) in [4.78, 5) is -0.0389. The molecule has 0 fully saturated rings. The number of rotatable bonds is 7. The number of benzene rings is 1. The second kappa shape index (κ2) is 11.0. The van der Waals surface area contributed by atoms with E-state index >= 15 is 0 Å². The first-order valence-electron chi connectivity index (χ1n) is 9.20. The molecule has 0 aliphatic heterocycles. The molecule has 6 heteroatoms. The summed E-state index contributed by atoms with van der Waals surface area (Å²) in [6, 6.07) is 6.69. The number of hydrogen-bond donors (Lipinski definition) is 3. The van der Waals surface area contributed by atoms with Gasteiger partial charge in [-0.2, -0.15) is 8.42 Å².